The molecule has 0 bridgehead atoms. The molecule has 6 rings (SSSR count). The number of hydrogen-bond acceptors (Lipinski definition) is 7. The summed E-state index contributed by atoms with van der Waals surface area (Å²) in [6.07, 6.45) is 1.30. The number of thiophene rings is 1. The number of esters is 1. The Labute approximate surface area is 239 Å². The van der Waals surface area contributed by atoms with Crippen LogP contribution in [0.4, 0.5) is 10.1 Å². The number of rotatable bonds is 9. The van der Waals surface area contributed by atoms with Gasteiger partial charge in [0.1, 0.15) is 28.0 Å². The van der Waals surface area contributed by atoms with Crippen LogP contribution < -0.4 is 4.74 Å². The summed E-state index contributed by atoms with van der Waals surface area (Å²) in [4.78, 5) is 25.9. The summed E-state index contributed by atoms with van der Waals surface area (Å²) in [6.45, 7) is 8.68. The monoisotopic (exact) mass is 568 g/mol. The van der Waals surface area contributed by atoms with Crippen molar-refractivity contribution in [3.8, 4) is 17.1 Å². The molecule has 0 aliphatic carbocycles. The van der Waals surface area contributed by atoms with Gasteiger partial charge in [0.15, 0.2) is 5.69 Å². The molecule has 0 N–H and O–H groups in total. The van der Waals surface area contributed by atoms with Crippen LogP contribution in [-0.4, -0.2) is 40.3 Å². The molecule has 0 unspecified atom stereocenters. The molecule has 2 aromatic carbocycles. The van der Waals surface area contributed by atoms with Crippen LogP contribution in [0, 0.1) is 12.4 Å². The van der Waals surface area contributed by atoms with Crippen molar-refractivity contribution < 1.29 is 23.4 Å². The zero-order valence-corrected chi connectivity index (χ0v) is 23.0. The first-order chi connectivity index (χ1) is 20.0. The maximum absolute atomic E-state index is 15.4. The second-order valence-electron chi connectivity index (χ2n) is 9.62. The smallest absolute Gasteiger partial charge is 0.348 e. The largest absolute Gasteiger partial charge is 0.473 e. The maximum atomic E-state index is 15.4. The topological polar surface area (TPSA) is 79.8 Å². The van der Waals surface area contributed by atoms with Crippen LogP contribution in [0.25, 0.3) is 26.4 Å². The zero-order valence-electron chi connectivity index (χ0n) is 22.2. The molecule has 0 radical (unpaired) electrons. The van der Waals surface area contributed by atoms with E-state index in [-0.39, 0.29) is 18.3 Å². The number of ether oxygens (including phenoxy) is 3. The summed E-state index contributed by atoms with van der Waals surface area (Å²) in [5.41, 5.74) is 4.04. The number of fused-ring (bicyclic) bond motifs is 1. The van der Waals surface area contributed by atoms with Gasteiger partial charge in [0.25, 0.3) is 0 Å². The lowest BCUT2D eigenvalue weighted by molar-refractivity contribution is -0.0589. The Balaban J connectivity index is 1.21. The second-order valence-corrected chi connectivity index (χ2v) is 10.7. The number of nitrogens with zero attached hydrogens (tertiary/aromatic N) is 4. The van der Waals surface area contributed by atoms with Gasteiger partial charge in [-0.2, -0.15) is 0 Å². The predicted octanol–water partition coefficient (Wildman–Crippen LogP) is 6.59. The number of halogens is 1. The van der Waals surface area contributed by atoms with Crippen LogP contribution in [0.5, 0.6) is 5.88 Å². The van der Waals surface area contributed by atoms with Crippen LogP contribution in [0.3, 0.4) is 0 Å². The number of hydrogen-bond donors (Lipinski definition) is 0. The number of methoxy groups -OCH3 is 1. The molecule has 0 amide bonds. The van der Waals surface area contributed by atoms with Gasteiger partial charge in [0.05, 0.1) is 37.5 Å². The molecule has 41 heavy (non-hydrogen) atoms. The number of carbonyl (C=O) groups is 1. The molecule has 5 aromatic rings. The van der Waals surface area contributed by atoms with Gasteiger partial charge < -0.3 is 18.8 Å². The van der Waals surface area contributed by atoms with Crippen LogP contribution in [0.1, 0.15) is 33.0 Å². The summed E-state index contributed by atoms with van der Waals surface area (Å²) in [5.74, 6) is 0.375. The Kier molecular flexibility index (Phi) is 7.46. The molecule has 8 nitrogen and oxygen atoms in total. The van der Waals surface area contributed by atoms with Gasteiger partial charge in [-0.3, -0.25) is 0 Å². The minimum absolute atomic E-state index is 0.0681. The van der Waals surface area contributed by atoms with E-state index >= 15 is 4.39 Å². The molecule has 4 heterocycles. The van der Waals surface area contributed by atoms with Crippen LogP contribution in [0.2, 0.25) is 0 Å². The van der Waals surface area contributed by atoms with Gasteiger partial charge in [-0.15, -0.1) is 11.3 Å². The van der Waals surface area contributed by atoms with Crippen molar-refractivity contribution >= 4 is 33.3 Å². The molecule has 0 saturated carbocycles. The summed E-state index contributed by atoms with van der Waals surface area (Å²) < 4.78 is 33.8. The zero-order chi connectivity index (χ0) is 28.3. The van der Waals surface area contributed by atoms with Gasteiger partial charge in [-0.25, -0.2) is 24.0 Å². The Bertz CT molecular complexity index is 1770. The van der Waals surface area contributed by atoms with Crippen molar-refractivity contribution in [3.63, 3.8) is 0 Å². The minimum atomic E-state index is -0.402. The first-order valence-corrected chi connectivity index (χ1v) is 13.9. The van der Waals surface area contributed by atoms with E-state index < -0.39 is 5.97 Å². The van der Waals surface area contributed by atoms with Crippen LogP contribution in [-0.2, 0) is 29.0 Å². The van der Waals surface area contributed by atoms with E-state index in [0.717, 1.165) is 24.1 Å². The molecular weight excluding hydrogens is 543 g/mol. The van der Waals surface area contributed by atoms with Crippen molar-refractivity contribution in [3.05, 3.63) is 106 Å². The predicted molar refractivity (Wildman–Crippen MR) is 153 cm³/mol. The van der Waals surface area contributed by atoms with E-state index in [2.05, 4.69) is 9.83 Å². The molecule has 10 heteroatoms. The summed E-state index contributed by atoms with van der Waals surface area (Å²) in [5, 5.41) is 0. The summed E-state index contributed by atoms with van der Waals surface area (Å²) in [6, 6.07) is 19.4. The minimum Gasteiger partial charge on any atom is -0.473 e. The number of carbonyl (C=O) groups excluding carboxylic acids is 1. The van der Waals surface area contributed by atoms with Gasteiger partial charge in [0, 0.05) is 24.7 Å². The lowest BCUT2D eigenvalue weighted by atomic mass is 10.1. The average molecular weight is 569 g/mol. The second kappa shape index (κ2) is 11.5. The number of aromatic nitrogens is 3. The highest BCUT2D eigenvalue weighted by Crippen LogP contribution is 2.31. The standard InChI is InChI=1S/C31H25FN4O4S/c1-33-22-10-6-19(7-11-22)18-40-29-5-3-4-25(34-29)21-9-8-20(24(32)14-21)15-28-35-30-26(16-27(41-30)31(37)38-2)36(28)17-23-12-13-39-23/h3-11,14,16,23H,12-13,15,17-18H2,2H3/t23-/m0/s1. The molecule has 1 atom stereocenters. The van der Waals surface area contributed by atoms with Crippen LogP contribution >= 0.6 is 11.3 Å². The molecule has 206 valence electrons. The third-order valence-electron chi connectivity index (χ3n) is 6.97. The summed E-state index contributed by atoms with van der Waals surface area (Å²) in [7, 11) is 1.35. The van der Waals surface area contributed by atoms with Gasteiger partial charge in [-0.05, 0) is 35.7 Å². The fourth-order valence-corrected chi connectivity index (χ4v) is 5.60. The maximum Gasteiger partial charge on any atom is 0.348 e. The molecule has 1 fully saturated rings. The molecule has 1 aliphatic rings. The molecular formula is C31H25FN4O4S. The normalized spacial score (nSPS) is 14.4. The van der Waals surface area contributed by atoms with E-state index in [1.165, 1.54) is 24.5 Å². The molecule has 1 saturated heterocycles. The van der Waals surface area contributed by atoms with Crippen molar-refractivity contribution in [2.45, 2.75) is 32.1 Å². The third-order valence-corrected chi connectivity index (χ3v) is 7.96. The highest BCUT2D eigenvalue weighted by atomic mass is 32.1. The van der Waals surface area contributed by atoms with E-state index in [0.29, 0.717) is 57.1 Å². The van der Waals surface area contributed by atoms with E-state index in [1.807, 2.05) is 34.9 Å². The fourth-order valence-electron chi connectivity index (χ4n) is 4.63. The summed E-state index contributed by atoms with van der Waals surface area (Å²) >= 11 is 1.26. The fraction of sp³-hybridized carbons (Fsp3) is 0.226. The van der Waals surface area contributed by atoms with Crippen molar-refractivity contribution in [1.29, 1.82) is 0 Å². The Morgan fingerprint density at radius 3 is 2.71 bits per heavy atom. The quantitative estimate of drug-likeness (QED) is 0.147. The number of pyridine rings is 1. The van der Waals surface area contributed by atoms with Gasteiger partial charge >= 0.3 is 5.97 Å². The Morgan fingerprint density at radius 2 is 2.00 bits per heavy atom. The van der Waals surface area contributed by atoms with E-state index in [9.17, 15) is 4.79 Å². The van der Waals surface area contributed by atoms with Crippen molar-refractivity contribution in [2.24, 2.45) is 0 Å². The van der Waals surface area contributed by atoms with Gasteiger partial charge in [0.2, 0.25) is 5.88 Å². The van der Waals surface area contributed by atoms with E-state index in [4.69, 9.17) is 25.8 Å². The lowest BCUT2D eigenvalue weighted by Crippen LogP contribution is -2.31. The van der Waals surface area contributed by atoms with Crippen molar-refractivity contribution in [2.75, 3.05) is 13.7 Å². The molecule has 0 spiro atoms. The van der Waals surface area contributed by atoms with Gasteiger partial charge in [-0.1, -0.05) is 42.5 Å². The number of benzene rings is 2. The Morgan fingerprint density at radius 1 is 1.17 bits per heavy atom. The SMILES string of the molecule is [C-]#[N+]c1ccc(COc2cccc(-c3ccc(Cc4nc5sc(C(=O)OC)cc5n4C[C@@H]4CCO4)c(F)c3)n2)cc1. The molecule has 3 aromatic heterocycles. The highest BCUT2D eigenvalue weighted by Gasteiger charge is 2.24. The first kappa shape index (κ1) is 26.6. The first-order valence-electron chi connectivity index (χ1n) is 13.0. The average Bonchev–Trinajstić information content (AvgIpc) is 3.53. The van der Waals surface area contributed by atoms with Crippen LogP contribution in [0.15, 0.2) is 66.7 Å². The highest BCUT2D eigenvalue weighted by molar-refractivity contribution is 7.20. The number of imidazole rings is 1. The lowest BCUT2D eigenvalue weighted by Gasteiger charge is -2.27. The van der Waals surface area contributed by atoms with E-state index in [1.54, 1.807) is 30.3 Å². The Hall–Kier alpha value is -4.59. The van der Waals surface area contributed by atoms with Crippen molar-refractivity contribution in [1.82, 2.24) is 14.5 Å². The molecule has 1 aliphatic heterocycles. The third kappa shape index (κ3) is 5.68.